The first-order valence-electron chi connectivity index (χ1n) is 10.6. The van der Waals surface area contributed by atoms with Gasteiger partial charge in [-0.1, -0.05) is 19.3 Å². The number of benzene rings is 1. The Hall–Kier alpha value is -1.48. The number of hydrogen-bond acceptors (Lipinski definition) is 5. The molecule has 1 saturated carbocycles. The predicted molar refractivity (Wildman–Crippen MR) is 108 cm³/mol. The van der Waals surface area contributed by atoms with Crippen LogP contribution in [0.3, 0.4) is 0 Å². The minimum absolute atomic E-state index is 0.0655. The van der Waals surface area contributed by atoms with Crippen molar-refractivity contribution in [2.45, 2.75) is 61.7 Å². The van der Waals surface area contributed by atoms with Crippen LogP contribution in [0.5, 0.6) is 0 Å². The minimum atomic E-state index is -3.55. The molecule has 3 fully saturated rings. The van der Waals surface area contributed by atoms with Crippen molar-refractivity contribution in [2.75, 3.05) is 33.4 Å². The molecule has 2 heterocycles. The molecule has 2 saturated heterocycles. The van der Waals surface area contributed by atoms with E-state index in [1.807, 2.05) is 0 Å². The molecule has 0 unspecified atom stereocenters. The predicted octanol–water partition coefficient (Wildman–Crippen LogP) is 2.62. The van der Waals surface area contributed by atoms with Crippen LogP contribution < -0.4 is 0 Å². The zero-order valence-corrected chi connectivity index (χ0v) is 17.8. The van der Waals surface area contributed by atoms with E-state index in [2.05, 4.69) is 0 Å². The fourth-order valence-corrected chi connectivity index (χ4v) is 6.01. The number of likely N-dealkylation sites (tertiary alicyclic amines) is 1. The van der Waals surface area contributed by atoms with E-state index in [4.69, 9.17) is 9.47 Å². The summed E-state index contributed by atoms with van der Waals surface area (Å²) < 4.78 is 38.8. The highest BCUT2D eigenvalue weighted by atomic mass is 32.2. The molecule has 0 bridgehead atoms. The van der Waals surface area contributed by atoms with Gasteiger partial charge in [-0.3, -0.25) is 4.79 Å². The number of nitrogens with zero attached hydrogens (tertiary/aromatic N) is 2. The van der Waals surface area contributed by atoms with Gasteiger partial charge in [-0.25, -0.2) is 8.42 Å². The summed E-state index contributed by atoms with van der Waals surface area (Å²) in [5.41, 5.74) is 0.508. The second-order valence-corrected chi connectivity index (χ2v) is 10.2. The summed E-state index contributed by atoms with van der Waals surface area (Å²) in [4.78, 5) is 14.9. The van der Waals surface area contributed by atoms with Crippen LogP contribution in [0.25, 0.3) is 0 Å². The summed E-state index contributed by atoms with van der Waals surface area (Å²) >= 11 is 0. The fraction of sp³-hybridized carbons (Fsp3) is 0.667. The summed E-state index contributed by atoms with van der Waals surface area (Å²) in [6.45, 7) is 2.37. The van der Waals surface area contributed by atoms with Gasteiger partial charge in [0.15, 0.2) is 5.79 Å². The van der Waals surface area contributed by atoms with Crippen LogP contribution >= 0.6 is 0 Å². The Labute approximate surface area is 173 Å². The first-order chi connectivity index (χ1) is 13.9. The molecule has 0 N–H and O–H groups in total. The van der Waals surface area contributed by atoms with Gasteiger partial charge in [-0.2, -0.15) is 4.31 Å². The van der Waals surface area contributed by atoms with Gasteiger partial charge in [-0.15, -0.1) is 0 Å². The number of carbonyl (C=O) groups excluding carboxylic acids is 1. The van der Waals surface area contributed by atoms with Crippen molar-refractivity contribution in [3.05, 3.63) is 29.8 Å². The first kappa shape index (κ1) is 20.8. The Balaban J connectivity index is 1.41. The number of sulfonamides is 1. The average Bonchev–Trinajstić information content (AvgIpc) is 3.22. The van der Waals surface area contributed by atoms with Crippen LogP contribution in [0.2, 0.25) is 0 Å². The molecule has 29 heavy (non-hydrogen) atoms. The zero-order chi connectivity index (χ0) is 20.5. The number of hydrogen-bond donors (Lipinski definition) is 0. The molecule has 1 aromatic rings. The van der Waals surface area contributed by atoms with E-state index in [9.17, 15) is 13.2 Å². The lowest BCUT2D eigenvalue weighted by atomic mass is 9.96. The standard InChI is InChI=1S/C21H30N2O5S/c1-22(18-5-3-2-4-6-18)29(25,26)19-9-7-17(8-10-19)20(24)23-13-11-21(12-14-23)27-15-16-28-21/h7-10,18H,2-6,11-16H2,1H3. The van der Waals surface area contributed by atoms with Gasteiger partial charge in [0.1, 0.15) is 0 Å². The maximum absolute atomic E-state index is 13.0. The van der Waals surface area contributed by atoms with Crippen LogP contribution in [0.1, 0.15) is 55.3 Å². The van der Waals surface area contributed by atoms with Crippen LogP contribution in [0, 0.1) is 0 Å². The van der Waals surface area contributed by atoms with E-state index in [1.165, 1.54) is 10.7 Å². The Morgan fingerprint density at radius 1 is 1.03 bits per heavy atom. The maximum Gasteiger partial charge on any atom is 0.253 e. The monoisotopic (exact) mass is 422 g/mol. The lowest BCUT2D eigenvalue weighted by molar-refractivity contribution is -0.181. The number of rotatable bonds is 4. The van der Waals surface area contributed by atoms with Gasteiger partial charge in [0.2, 0.25) is 10.0 Å². The molecule has 8 heteroatoms. The molecular formula is C21H30N2O5S. The van der Waals surface area contributed by atoms with Crippen molar-refractivity contribution in [2.24, 2.45) is 0 Å². The highest BCUT2D eigenvalue weighted by molar-refractivity contribution is 7.89. The summed E-state index contributed by atoms with van der Waals surface area (Å²) in [5.74, 6) is -0.597. The fourth-order valence-electron chi connectivity index (χ4n) is 4.60. The van der Waals surface area contributed by atoms with Crippen molar-refractivity contribution in [1.82, 2.24) is 9.21 Å². The van der Waals surface area contributed by atoms with E-state index in [0.717, 1.165) is 25.7 Å². The minimum Gasteiger partial charge on any atom is -0.347 e. The van der Waals surface area contributed by atoms with Crippen molar-refractivity contribution in [1.29, 1.82) is 0 Å². The van der Waals surface area contributed by atoms with Crippen LogP contribution in [-0.2, 0) is 19.5 Å². The molecule has 0 radical (unpaired) electrons. The van der Waals surface area contributed by atoms with Crippen LogP contribution in [0.4, 0.5) is 0 Å². The van der Waals surface area contributed by atoms with Crippen molar-refractivity contribution < 1.29 is 22.7 Å². The Bertz CT molecular complexity index is 817. The number of ether oxygens (including phenoxy) is 2. The van der Waals surface area contributed by atoms with Gasteiger partial charge in [0, 0.05) is 44.6 Å². The van der Waals surface area contributed by atoms with Gasteiger partial charge >= 0.3 is 0 Å². The Kier molecular flexibility index (Phi) is 5.97. The molecule has 1 aromatic carbocycles. The molecule has 0 aromatic heterocycles. The Morgan fingerprint density at radius 2 is 1.62 bits per heavy atom. The van der Waals surface area contributed by atoms with Crippen molar-refractivity contribution >= 4 is 15.9 Å². The molecule has 3 aliphatic rings. The lowest BCUT2D eigenvalue weighted by Gasteiger charge is -2.37. The molecule has 1 aliphatic carbocycles. The van der Waals surface area contributed by atoms with Gasteiger partial charge in [0.05, 0.1) is 18.1 Å². The van der Waals surface area contributed by atoms with Crippen molar-refractivity contribution in [3.63, 3.8) is 0 Å². The largest absolute Gasteiger partial charge is 0.347 e. The highest BCUT2D eigenvalue weighted by Crippen LogP contribution is 2.32. The quantitative estimate of drug-likeness (QED) is 0.746. The third-order valence-electron chi connectivity index (χ3n) is 6.49. The van der Waals surface area contributed by atoms with Crippen LogP contribution in [0.15, 0.2) is 29.2 Å². The number of carbonyl (C=O) groups is 1. The summed E-state index contributed by atoms with van der Waals surface area (Å²) in [6.07, 6.45) is 6.48. The topological polar surface area (TPSA) is 76.2 Å². The smallest absolute Gasteiger partial charge is 0.253 e. The third-order valence-corrected chi connectivity index (χ3v) is 8.42. The maximum atomic E-state index is 13.0. The number of piperidine rings is 1. The van der Waals surface area contributed by atoms with E-state index < -0.39 is 15.8 Å². The molecule has 1 amide bonds. The summed E-state index contributed by atoms with van der Waals surface area (Å²) in [5, 5.41) is 0. The summed E-state index contributed by atoms with van der Waals surface area (Å²) in [6, 6.07) is 6.41. The molecule has 7 nitrogen and oxygen atoms in total. The second-order valence-electron chi connectivity index (χ2n) is 8.24. The normalized spacial score (nSPS) is 23.0. The van der Waals surface area contributed by atoms with Crippen molar-refractivity contribution in [3.8, 4) is 0 Å². The average molecular weight is 423 g/mol. The third kappa shape index (κ3) is 4.21. The Morgan fingerprint density at radius 3 is 2.21 bits per heavy atom. The van der Waals surface area contributed by atoms with E-state index >= 15 is 0 Å². The van der Waals surface area contributed by atoms with E-state index in [-0.39, 0.29) is 16.8 Å². The first-order valence-corrected chi connectivity index (χ1v) is 12.0. The second kappa shape index (κ2) is 8.34. The lowest BCUT2D eigenvalue weighted by Crippen LogP contribution is -2.47. The van der Waals surface area contributed by atoms with Crippen LogP contribution in [-0.4, -0.2) is 68.7 Å². The number of amides is 1. The van der Waals surface area contributed by atoms with Gasteiger partial charge < -0.3 is 14.4 Å². The molecule has 4 rings (SSSR count). The van der Waals surface area contributed by atoms with E-state index in [0.29, 0.717) is 44.7 Å². The molecule has 2 aliphatic heterocycles. The molecule has 0 atom stereocenters. The molecule has 1 spiro atoms. The van der Waals surface area contributed by atoms with Gasteiger partial charge in [0.25, 0.3) is 5.91 Å². The molecular weight excluding hydrogens is 392 g/mol. The van der Waals surface area contributed by atoms with E-state index in [1.54, 1.807) is 36.2 Å². The summed E-state index contributed by atoms with van der Waals surface area (Å²) in [7, 11) is -1.88. The molecule has 160 valence electrons. The zero-order valence-electron chi connectivity index (χ0n) is 17.0. The SMILES string of the molecule is CN(C1CCCCC1)S(=O)(=O)c1ccc(C(=O)N2CCC3(CC2)OCCO3)cc1. The highest BCUT2D eigenvalue weighted by Gasteiger charge is 2.41. The van der Waals surface area contributed by atoms with Gasteiger partial charge in [-0.05, 0) is 37.1 Å².